The van der Waals surface area contributed by atoms with Crippen LogP contribution in [0.3, 0.4) is 0 Å². The number of nitrogens with zero attached hydrogens (tertiary/aromatic N) is 1. The first-order valence-corrected chi connectivity index (χ1v) is 3.79. The summed E-state index contributed by atoms with van der Waals surface area (Å²) in [6.07, 6.45) is -3.13. The van der Waals surface area contributed by atoms with E-state index in [1.807, 2.05) is 0 Å². The van der Waals surface area contributed by atoms with Gasteiger partial charge in [-0.15, -0.1) is 0 Å². The third-order valence-electron chi connectivity index (χ3n) is 1.89. The molecule has 1 unspecified atom stereocenters. The Morgan fingerprint density at radius 2 is 1.85 bits per heavy atom. The normalized spacial score (nSPS) is 20.4. The van der Waals surface area contributed by atoms with Crippen molar-refractivity contribution in [1.29, 1.82) is 0 Å². The van der Waals surface area contributed by atoms with E-state index in [0.717, 1.165) is 6.08 Å². The molecular weight excluding hydrogens is 179 g/mol. The number of halogens is 3. The summed E-state index contributed by atoms with van der Waals surface area (Å²) in [6.45, 7) is 0. The van der Waals surface area contributed by atoms with E-state index >= 15 is 0 Å². The van der Waals surface area contributed by atoms with Crippen molar-refractivity contribution in [3.63, 3.8) is 0 Å². The number of rotatable bonds is 0. The fraction of sp³-hybridized carbons (Fsp3) is 0.222. The molecule has 2 rings (SSSR count). The highest BCUT2D eigenvalue weighted by atomic mass is 19.4. The van der Waals surface area contributed by atoms with Crippen molar-refractivity contribution < 1.29 is 13.2 Å². The van der Waals surface area contributed by atoms with Crippen molar-refractivity contribution in [1.82, 2.24) is 0 Å². The number of para-hydroxylation sites is 1. The van der Waals surface area contributed by atoms with E-state index in [0.29, 0.717) is 10.6 Å². The van der Waals surface area contributed by atoms with Crippen LogP contribution in [0.5, 0.6) is 0 Å². The van der Waals surface area contributed by atoms with Gasteiger partial charge in [-0.2, -0.15) is 13.2 Å². The van der Waals surface area contributed by atoms with Crippen molar-refractivity contribution in [2.75, 3.05) is 0 Å². The predicted octanol–water partition coefficient (Wildman–Crippen LogP) is 1.03. The molecule has 0 N–H and O–H groups in total. The summed E-state index contributed by atoms with van der Waals surface area (Å²) in [4.78, 5) is 3.54. The van der Waals surface area contributed by atoms with Gasteiger partial charge in [0.15, 0.2) is 6.04 Å². The Morgan fingerprint density at radius 3 is 2.46 bits per heavy atom. The molecule has 1 aromatic carbocycles. The summed E-state index contributed by atoms with van der Waals surface area (Å²) in [7, 11) is 0. The molecule has 13 heavy (non-hydrogen) atoms. The van der Waals surface area contributed by atoms with Gasteiger partial charge in [-0.1, -0.05) is 18.2 Å². The Hall–Kier alpha value is -1.32. The van der Waals surface area contributed by atoms with Crippen LogP contribution >= 0.6 is 0 Å². The number of alkyl halides is 3. The van der Waals surface area contributed by atoms with Crippen LogP contribution in [0.2, 0.25) is 0 Å². The van der Waals surface area contributed by atoms with Gasteiger partial charge in [0.25, 0.3) is 0 Å². The second-order valence-corrected chi connectivity index (χ2v) is 2.84. The molecule has 0 amide bonds. The Bertz CT molecular complexity index is 398. The maximum Gasteiger partial charge on any atom is 0.414 e. The predicted molar refractivity (Wildman–Crippen MR) is 41.5 cm³/mol. The first-order valence-electron chi connectivity index (χ1n) is 3.79. The van der Waals surface area contributed by atoms with Crippen LogP contribution in [-0.2, 0) is 0 Å². The lowest BCUT2D eigenvalue weighted by Gasteiger charge is -2.08. The molecule has 0 bridgehead atoms. The fourth-order valence-electron chi connectivity index (χ4n) is 1.27. The lowest BCUT2D eigenvalue weighted by Crippen LogP contribution is -2.23. The van der Waals surface area contributed by atoms with E-state index < -0.39 is 12.2 Å². The van der Waals surface area contributed by atoms with E-state index in [1.165, 1.54) is 0 Å². The summed E-state index contributed by atoms with van der Waals surface area (Å²) < 4.78 is 36.6. The minimum absolute atomic E-state index is 0.421. The average molecular weight is 185 g/mol. The van der Waals surface area contributed by atoms with E-state index in [9.17, 15) is 13.2 Å². The van der Waals surface area contributed by atoms with Crippen LogP contribution < -0.4 is 10.6 Å². The van der Waals surface area contributed by atoms with Crippen LogP contribution in [-0.4, -0.2) is 12.2 Å². The smallest absolute Gasteiger partial charge is 0.268 e. The lowest BCUT2D eigenvalue weighted by atomic mass is 10.2. The maximum absolute atomic E-state index is 12.2. The highest BCUT2D eigenvalue weighted by Gasteiger charge is 2.38. The number of hydrogen-bond acceptors (Lipinski definition) is 1. The molecular formula is C9H6F3N. The third kappa shape index (κ3) is 1.43. The van der Waals surface area contributed by atoms with Gasteiger partial charge in [-0.3, -0.25) is 4.99 Å². The zero-order chi connectivity index (χ0) is 9.47. The number of fused-ring (bicyclic) bond motifs is 1. The molecule has 0 aliphatic carbocycles. The topological polar surface area (TPSA) is 12.4 Å². The largest absolute Gasteiger partial charge is 0.414 e. The van der Waals surface area contributed by atoms with Gasteiger partial charge in [0.1, 0.15) is 0 Å². The van der Waals surface area contributed by atoms with Crippen LogP contribution in [0.15, 0.2) is 29.3 Å². The summed E-state index contributed by atoms with van der Waals surface area (Å²) in [5.74, 6) is 0. The minimum Gasteiger partial charge on any atom is -0.268 e. The van der Waals surface area contributed by atoms with Crippen molar-refractivity contribution in [3.05, 3.63) is 34.8 Å². The summed E-state index contributed by atoms with van der Waals surface area (Å²) in [5, 5.41) is 0.981. The van der Waals surface area contributed by atoms with Crippen molar-refractivity contribution >= 4 is 6.08 Å². The molecule has 0 fully saturated rings. The Morgan fingerprint density at radius 1 is 1.15 bits per heavy atom. The van der Waals surface area contributed by atoms with E-state index in [-0.39, 0.29) is 0 Å². The zero-order valence-corrected chi connectivity index (χ0v) is 6.55. The van der Waals surface area contributed by atoms with Gasteiger partial charge in [0.05, 0.1) is 5.36 Å². The van der Waals surface area contributed by atoms with E-state index in [1.54, 1.807) is 24.3 Å². The molecule has 1 aromatic rings. The second-order valence-electron chi connectivity index (χ2n) is 2.84. The molecule has 4 heteroatoms. The van der Waals surface area contributed by atoms with Crippen LogP contribution in [0, 0.1) is 0 Å². The van der Waals surface area contributed by atoms with Crippen molar-refractivity contribution in [2.45, 2.75) is 12.2 Å². The average Bonchev–Trinajstić information content (AvgIpc) is 2.45. The summed E-state index contributed by atoms with van der Waals surface area (Å²) >= 11 is 0. The lowest BCUT2D eigenvalue weighted by molar-refractivity contribution is -0.133. The van der Waals surface area contributed by atoms with E-state index in [2.05, 4.69) is 4.99 Å². The van der Waals surface area contributed by atoms with Crippen LogP contribution in [0.4, 0.5) is 13.2 Å². The van der Waals surface area contributed by atoms with Gasteiger partial charge in [-0.05, 0) is 17.4 Å². The molecule has 1 heterocycles. The van der Waals surface area contributed by atoms with Crippen LogP contribution in [0.1, 0.15) is 0 Å². The molecule has 1 nitrogen and oxygen atoms in total. The van der Waals surface area contributed by atoms with E-state index in [4.69, 9.17) is 0 Å². The standard InChI is InChI=1S/C9H6F3N/c10-9(11,12)8-5-6-3-1-2-4-7(6)13-8/h1-5,8H. The fourth-order valence-corrected chi connectivity index (χ4v) is 1.27. The van der Waals surface area contributed by atoms with Gasteiger partial charge < -0.3 is 0 Å². The van der Waals surface area contributed by atoms with Crippen molar-refractivity contribution in [3.8, 4) is 0 Å². The Labute approximate surface area is 72.2 Å². The molecule has 68 valence electrons. The SMILES string of the molecule is FC(F)(F)C1C=c2ccccc2=N1. The molecule has 0 aromatic heterocycles. The molecule has 0 saturated carbocycles. The number of hydrogen-bond donors (Lipinski definition) is 0. The highest BCUT2D eigenvalue weighted by Crippen LogP contribution is 2.24. The molecule has 1 atom stereocenters. The molecule has 0 radical (unpaired) electrons. The quantitative estimate of drug-likeness (QED) is 0.572. The zero-order valence-electron chi connectivity index (χ0n) is 6.55. The van der Waals surface area contributed by atoms with Gasteiger partial charge in [-0.25, -0.2) is 0 Å². The second kappa shape index (κ2) is 2.58. The van der Waals surface area contributed by atoms with Crippen LogP contribution in [0.25, 0.3) is 6.08 Å². The molecule has 0 spiro atoms. The van der Waals surface area contributed by atoms with Crippen molar-refractivity contribution in [2.24, 2.45) is 4.99 Å². The van der Waals surface area contributed by atoms with Gasteiger partial charge in [0.2, 0.25) is 0 Å². The monoisotopic (exact) mass is 185 g/mol. The maximum atomic E-state index is 12.2. The summed E-state index contributed by atoms with van der Waals surface area (Å²) in [6, 6.07) is 4.92. The molecule has 0 saturated heterocycles. The Balaban J connectivity index is 2.53. The Kier molecular flexibility index (Phi) is 1.65. The minimum atomic E-state index is -4.26. The highest BCUT2D eigenvalue weighted by molar-refractivity contribution is 5.35. The summed E-state index contributed by atoms with van der Waals surface area (Å²) in [5.41, 5.74) is 0. The molecule has 1 aliphatic rings. The first kappa shape index (κ1) is 8.29. The van der Waals surface area contributed by atoms with Gasteiger partial charge in [0, 0.05) is 0 Å². The number of benzene rings is 1. The third-order valence-corrected chi connectivity index (χ3v) is 1.89. The van der Waals surface area contributed by atoms with Gasteiger partial charge >= 0.3 is 6.18 Å². The first-order chi connectivity index (χ1) is 6.07. The molecule has 1 aliphatic heterocycles.